The van der Waals surface area contributed by atoms with E-state index >= 15 is 0 Å². The van der Waals surface area contributed by atoms with Crippen molar-refractivity contribution in [2.75, 3.05) is 6.61 Å². The minimum atomic E-state index is -4.92. The zero-order valence-electron chi connectivity index (χ0n) is 20.4. The molecule has 0 saturated heterocycles. The molecule has 6 nitrogen and oxygen atoms in total. The number of hydrogen-bond donors (Lipinski definition) is 0. The van der Waals surface area contributed by atoms with Gasteiger partial charge in [-0.1, -0.05) is 23.2 Å². The van der Waals surface area contributed by atoms with E-state index in [0.717, 1.165) is 6.07 Å². The van der Waals surface area contributed by atoms with E-state index < -0.39 is 18.1 Å². The van der Waals surface area contributed by atoms with Gasteiger partial charge in [-0.25, -0.2) is 4.79 Å². The average molecular weight is 568 g/mol. The molecule has 11 heteroatoms. The lowest BCUT2D eigenvalue weighted by Crippen LogP contribution is -2.17. The smallest absolute Gasteiger partial charge is 0.491 e. The van der Waals surface area contributed by atoms with Gasteiger partial charge in [0.15, 0.2) is 11.4 Å². The number of halogens is 5. The molecule has 0 amide bonds. The summed E-state index contributed by atoms with van der Waals surface area (Å²) >= 11 is 12.5. The van der Waals surface area contributed by atoms with Gasteiger partial charge in [-0.15, -0.1) is 13.2 Å². The van der Waals surface area contributed by atoms with Crippen molar-refractivity contribution in [3.05, 3.63) is 76.4 Å². The van der Waals surface area contributed by atoms with Gasteiger partial charge in [-0.3, -0.25) is 0 Å². The van der Waals surface area contributed by atoms with Gasteiger partial charge in [0.1, 0.15) is 17.2 Å². The minimum Gasteiger partial charge on any atom is -0.491 e. The summed E-state index contributed by atoms with van der Waals surface area (Å²) < 4.78 is 60.4. The number of rotatable bonds is 8. The quantitative estimate of drug-likeness (QED) is 0.199. The molecule has 200 valence electrons. The van der Waals surface area contributed by atoms with E-state index in [4.69, 9.17) is 37.4 Å². The second-order valence-corrected chi connectivity index (χ2v) is 9.09. The highest BCUT2D eigenvalue weighted by Crippen LogP contribution is 2.39. The van der Waals surface area contributed by atoms with Crippen molar-refractivity contribution in [1.82, 2.24) is 4.57 Å². The lowest BCUT2D eigenvalue weighted by atomic mass is 10.2. The maximum Gasteiger partial charge on any atom is 0.573 e. The lowest BCUT2D eigenvalue weighted by Gasteiger charge is -2.13. The first-order valence-corrected chi connectivity index (χ1v) is 12.2. The highest BCUT2D eigenvalue weighted by molar-refractivity contribution is 6.38. The molecule has 0 bridgehead atoms. The van der Waals surface area contributed by atoms with Gasteiger partial charge in [0, 0.05) is 17.1 Å². The zero-order valence-corrected chi connectivity index (χ0v) is 21.9. The van der Waals surface area contributed by atoms with Crippen LogP contribution in [0.1, 0.15) is 31.3 Å². The molecule has 1 heterocycles. The molecule has 0 fully saturated rings. The van der Waals surface area contributed by atoms with Gasteiger partial charge < -0.3 is 23.5 Å². The van der Waals surface area contributed by atoms with Crippen LogP contribution in [0.15, 0.2) is 60.7 Å². The van der Waals surface area contributed by atoms with E-state index in [1.54, 1.807) is 54.0 Å². The van der Waals surface area contributed by atoms with Gasteiger partial charge in [0.25, 0.3) is 0 Å². The topological polar surface area (TPSA) is 58.9 Å². The number of carbonyl (C=O) groups excluding carboxylic acids is 1. The van der Waals surface area contributed by atoms with Crippen LogP contribution in [0, 0.1) is 0 Å². The Kier molecular flexibility index (Phi) is 7.99. The van der Waals surface area contributed by atoms with Crippen molar-refractivity contribution in [1.29, 1.82) is 0 Å². The summed E-state index contributed by atoms with van der Waals surface area (Å²) in [4.78, 5) is 12.9. The molecular weight excluding hydrogens is 546 g/mol. The average Bonchev–Trinajstić information content (AvgIpc) is 3.12. The number of hydrogen-bond acceptors (Lipinski definition) is 5. The van der Waals surface area contributed by atoms with Crippen LogP contribution in [0.3, 0.4) is 0 Å². The van der Waals surface area contributed by atoms with Crippen LogP contribution in [-0.4, -0.2) is 29.6 Å². The van der Waals surface area contributed by atoms with Crippen LogP contribution in [0.5, 0.6) is 23.0 Å². The molecule has 0 aliphatic heterocycles. The lowest BCUT2D eigenvalue weighted by molar-refractivity contribution is -0.274. The molecule has 0 atom stereocenters. The fourth-order valence-corrected chi connectivity index (χ4v) is 4.25. The summed E-state index contributed by atoms with van der Waals surface area (Å²) in [6.45, 7) is 5.66. The van der Waals surface area contributed by atoms with E-state index in [0.29, 0.717) is 22.3 Å². The van der Waals surface area contributed by atoms with Crippen molar-refractivity contribution in [3.63, 3.8) is 0 Å². The van der Waals surface area contributed by atoms with Crippen LogP contribution < -0.4 is 14.2 Å². The molecule has 38 heavy (non-hydrogen) atoms. The first-order valence-electron chi connectivity index (χ1n) is 11.5. The summed E-state index contributed by atoms with van der Waals surface area (Å²) in [5, 5.41) is 0.369. The number of aromatic nitrogens is 1. The summed E-state index contributed by atoms with van der Waals surface area (Å²) in [7, 11) is 0. The van der Waals surface area contributed by atoms with Crippen LogP contribution in [0.4, 0.5) is 13.2 Å². The molecule has 4 aromatic rings. The second kappa shape index (κ2) is 11.0. The monoisotopic (exact) mass is 567 g/mol. The number of fused-ring (bicyclic) bond motifs is 1. The Labute approximate surface area is 226 Å². The van der Waals surface area contributed by atoms with Gasteiger partial charge in [0.05, 0.1) is 28.3 Å². The van der Waals surface area contributed by atoms with E-state index in [1.165, 1.54) is 12.1 Å². The molecule has 3 aromatic carbocycles. The summed E-state index contributed by atoms with van der Waals surface area (Å²) in [6.07, 6.45) is -4.92. The summed E-state index contributed by atoms with van der Waals surface area (Å²) in [5.74, 6) is -0.249. The molecule has 1 aromatic heterocycles. The normalized spacial score (nSPS) is 11.6. The third-order valence-corrected chi connectivity index (χ3v) is 5.87. The number of ether oxygens (including phenoxy) is 4. The Balaban J connectivity index is 1.76. The molecule has 0 aliphatic rings. The van der Waals surface area contributed by atoms with Crippen LogP contribution in [0.2, 0.25) is 10.0 Å². The van der Waals surface area contributed by atoms with E-state index in [-0.39, 0.29) is 39.9 Å². The molecule has 0 unspecified atom stereocenters. The maximum atomic E-state index is 12.9. The number of carbonyl (C=O) groups is 1. The molecular formula is C27H22Cl2F3NO5. The second-order valence-electron chi connectivity index (χ2n) is 8.30. The Morgan fingerprint density at radius 1 is 0.947 bits per heavy atom. The Bertz CT molecular complexity index is 1470. The molecule has 0 spiro atoms. The molecule has 4 rings (SSSR count). The van der Waals surface area contributed by atoms with E-state index in [2.05, 4.69) is 4.74 Å². The number of benzene rings is 3. The predicted octanol–water partition coefficient (Wildman–Crippen LogP) is 8.59. The first kappa shape index (κ1) is 27.5. The molecule has 0 radical (unpaired) electrons. The van der Waals surface area contributed by atoms with Gasteiger partial charge in [-0.05, 0) is 75.4 Å². The van der Waals surface area contributed by atoms with Crippen molar-refractivity contribution in [2.45, 2.75) is 33.2 Å². The van der Waals surface area contributed by atoms with Crippen LogP contribution >= 0.6 is 23.2 Å². The predicted molar refractivity (Wildman–Crippen MR) is 138 cm³/mol. The van der Waals surface area contributed by atoms with Crippen molar-refractivity contribution >= 4 is 40.1 Å². The zero-order chi connectivity index (χ0) is 27.6. The van der Waals surface area contributed by atoms with Crippen molar-refractivity contribution in [3.8, 4) is 28.7 Å². The number of esters is 1. The number of alkyl halides is 3. The summed E-state index contributed by atoms with van der Waals surface area (Å²) in [6, 6.07) is 15.6. The van der Waals surface area contributed by atoms with Gasteiger partial charge in [0.2, 0.25) is 0 Å². The van der Waals surface area contributed by atoms with Crippen molar-refractivity contribution in [2.24, 2.45) is 0 Å². The van der Waals surface area contributed by atoms with Gasteiger partial charge >= 0.3 is 12.3 Å². The molecule has 0 aliphatic carbocycles. The van der Waals surface area contributed by atoms with Gasteiger partial charge in [-0.2, -0.15) is 0 Å². The van der Waals surface area contributed by atoms with E-state index in [1.807, 2.05) is 13.8 Å². The number of nitrogens with zero attached hydrogens (tertiary/aromatic N) is 1. The maximum absolute atomic E-state index is 12.9. The van der Waals surface area contributed by atoms with Crippen molar-refractivity contribution < 1.29 is 36.9 Å². The molecule has 0 N–H and O–H groups in total. The Hall–Kier alpha value is -3.56. The molecule has 0 saturated carbocycles. The Morgan fingerprint density at radius 2 is 1.58 bits per heavy atom. The highest BCUT2D eigenvalue weighted by atomic mass is 35.5. The third kappa shape index (κ3) is 6.11. The Morgan fingerprint density at radius 3 is 2.21 bits per heavy atom. The van der Waals surface area contributed by atoms with Crippen LogP contribution in [-0.2, 0) is 4.74 Å². The SMILES string of the molecule is CCOC(=O)c1c(Cl)c2cc(Oc3ccc(Cl)c(OC(F)(F)F)c3)ccc2n1-c1ccc(OC(C)C)cc1. The fraction of sp³-hybridized carbons (Fsp3) is 0.222. The largest absolute Gasteiger partial charge is 0.573 e. The van der Waals surface area contributed by atoms with Crippen LogP contribution in [0.25, 0.3) is 16.6 Å². The minimum absolute atomic E-state index is 0.00652. The first-order chi connectivity index (χ1) is 18.0. The highest BCUT2D eigenvalue weighted by Gasteiger charge is 2.32. The fourth-order valence-electron chi connectivity index (χ4n) is 3.78. The third-order valence-electron chi connectivity index (χ3n) is 5.18. The standard InChI is InChI=1S/C27H22Cl2F3NO5/c1-4-35-26(34)25-24(29)20-13-18(37-19-9-11-21(28)23(14-19)38-27(30,31)32)10-12-22(20)33(25)16-5-7-17(8-6-16)36-15(2)3/h5-15H,4H2,1-3H3. The summed E-state index contributed by atoms with van der Waals surface area (Å²) in [5.41, 5.74) is 1.34. The van der Waals surface area contributed by atoms with E-state index in [9.17, 15) is 18.0 Å².